The summed E-state index contributed by atoms with van der Waals surface area (Å²) in [4.78, 5) is 10.6. The number of methoxy groups -OCH3 is 2. The summed E-state index contributed by atoms with van der Waals surface area (Å²) in [5.74, 6) is -0.930. The SMILES string of the molecule is COc1cc(/C=C/C(=O)O)cc(S(=O)(=O)N[C@H](C)c2ccccc2)c1OC. The van der Waals surface area contributed by atoms with Gasteiger partial charge >= 0.3 is 5.97 Å². The van der Waals surface area contributed by atoms with E-state index in [2.05, 4.69) is 4.72 Å². The van der Waals surface area contributed by atoms with Crippen molar-refractivity contribution in [3.05, 3.63) is 59.7 Å². The molecule has 0 aromatic heterocycles. The standard InChI is InChI=1S/C19H21NO6S/c1-13(15-7-5-4-6-8-15)20-27(23,24)17-12-14(9-10-18(21)22)11-16(25-2)19(17)26-3/h4-13,20H,1-3H3,(H,21,22)/b10-9+/t13-/m1/s1. The van der Waals surface area contributed by atoms with Crippen LogP contribution in [0.5, 0.6) is 11.5 Å². The Hall–Kier alpha value is -2.84. The van der Waals surface area contributed by atoms with Gasteiger partial charge in [0.1, 0.15) is 4.90 Å². The van der Waals surface area contributed by atoms with Crippen LogP contribution in [-0.2, 0) is 14.8 Å². The number of carbonyl (C=O) groups is 1. The third-order valence-corrected chi connectivity index (χ3v) is 5.35. The average Bonchev–Trinajstić information content (AvgIpc) is 2.65. The van der Waals surface area contributed by atoms with Crippen LogP contribution in [-0.4, -0.2) is 33.7 Å². The largest absolute Gasteiger partial charge is 0.493 e. The minimum absolute atomic E-state index is 0.0396. The summed E-state index contributed by atoms with van der Waals surface area (Å²) in [6, 6.07) is 11.5. The lowest BCUT2D eigenvalue weighted by Gasteiger charge is -2.18. The van der Waals surface area contributed by atoms with Crippen LogP contribution in [0.15, 0.2) is 53.4 Å². The lowest BCUT2D eigenvalue weighted by molar-refractivity contribution is -0.131. The van der Waals surface area contributed by atoms with Gasteiger partial charge in [-0.2, -0.15) is 0 Å². The minimum Gasteiger partial charge on any atom is -0.493 e. The zero-order valence-corrected chi connectivity index (χ0v) is 16.0. The van der Waals surface area contributed by atoms with E-state index in [-0.39, 0.29) is 16.4 Å². The van der Waals surface area contributed by atoms with Crippen molar-refractivity contribution in [3.63, 3.8) is 0 Å². The molecule has 144 valence electrons. The second-order valence-corrected chi connectivity index (χ2v) is 7.36. The van der Waals surface area contributed by atoms with Gasteiger partial charge in [-0.25, -0.2) is 17.9 Å². The highest BCUT2D eigenvalue weighted by Gasteiger charge is 2.25. The molecule has 1 atom stereocenters. The molecule has 0 spiro atoms. The number of sulfonamides is 1. The van der Waals surface area contributed by atoms with Gasteiger partial charge in [-0.05, 0) is 36.3 Å². The number of aliphatic carboxylic acids is 1. The van der Waals surface area contributed by atoms with E-state index in [1.165, 1.54) is 32.4 Å². The van der Waals surface area contributed by atoms with Gasteiger partial charge in [0.15, 0.2) is 11.5 Å². The van der Waals surface area contributed by atoms with Crippen molar-refractivity contribution in [3.8, 4) is 11.5 Å². The molecule has 7 nitrogen and oxygen atoms in total. The van der Waals surface area contributed by atoms with Crippen molar-refractivity contribution in [2.24, 2.45) is 0 Å². The van der Waals surface area contributed by atoms with Crippen LogP contribution in [0, 0.1) is 0 Å². The highest BCUT2D eigenvalue weighted by Crippen LogP contribution is 2.36. The van der Waals surface area contributed by atoms with E-state index in [1.807, 2.05) is 30.3 Å². The number of carboxylic acids is 1. The number of carboxylic acid groups (broad SMARTS) is 1. The quantitative estimate of drug-likeness (QED) is 0.671. The average molecular weight is 391 g/mol. The Bertz CT molecular complexity index is 938. The topological polar surface area (TPSA) is 102 Å². The molecule has 2 rings (SSSR count). The molecule has 2 N–H and O–H groups in total. The Morgan fingerprint density at radius 2 is 1.81 bits per heavy atom. The van der Waals surface area contributed by atoms with Crippen molar-refractivity contribution in [2.45, 2.75) is 17.9 Å². The molecule has 0 amide bonds. The molecule has 0 saturated heterocycles. The number of hydrogen-bond acceptors (Lipinski definition) is 5. The van der Waals surface area contributed by atoms with Gasteiger partial charge in [0.2, 0.25) is 10.0 Å². The first-order chi connectivity index (χ1) is 12.8. The monoisotopic (exact) mass is 391 g/mol. The van der Waals surface area contributed by atoms with Crippen molar-refractivity contribution >= 4 is 22.1 Å². The fourth-order valence-electron chi connectivity index (χ4n) is 2.52. The van der Waals surface area contributed by atoms with E-state index in [0.717, 1.165) is 11.6 Å². The lowest BCUT2D eigenvalue weighted by Crippen LogP contribution is -2.27. The normalized spacial score (nSPS) is 12.7. The van der Waals surface area contributed by atoms with E-state index in [9.17, 15) is 13.2 Å². The molecule has 0 radical (unpaired) electrons. The van der Waals surface area contributed by atoms with E-state index in [0.29, 0.717) is 5.56 Å². The molecule has 2 aromatic carbocycles. The maximum Gasteiger partial charge on any atom is 0.328 e. The van der Waals surface area contributed by atoms with Crippen LogP contribution >= 0.6 is 0 Å². The Morgan fingerprint density at radius 1 is 1.15 bits per heavy atom. The smallest absolute Gasteiger partial charge is 0.328 e. The predicted octanol–water partition coefficient (Wildman–Crippen LogP) is 2.84. The van der Waals surface area contributed by atoms with Crippen molar-refractivity contribution in [1.29, 1.82) is 0 Å². The Morgan fingerprint density at radius 3 is 2.37 bits per heavy atom. The maximum atomic E-state index is 13.0. The molecule has 0 aliphatic carbocycles. The van der Waals surface area contributed by atoms with Crippen LogP contribution in [0.25, 0.3) is 6.08 Å². The summed E-state index contributed by atoms with van der Waals surface area (Å²) >= 11 is 0. The van der Waals surface area contributed by atoms with Gasteiger partial charge in [0.05, 0.1) is 14.2 Å². The zero-order chi connectivity index (χ0) is 20.0. The molecule has 8 heteroatoms. The van der Waals surface area contributed by atoms with Gasteiger partial charge in [-0.3, -0.25) is 0 Å². The maximum absolute atomic E-state index is 13.0. The number of ether oxygens (including phenoxy) is 2. The number of benzene rings is 2. The second-order valence-electron chi connectivity index (χ2n) is 5.68. The first-order valence-electron chi connectivity index (χ1n) is 8.02. The van der Waals surface area contributed by atoms with Crippen LogP contribution in [0.2, 0.25) is 0 Å². The van der Waals surface area contributed by atoms with Gasteiger partial charge in [-0.1, -0.05) is 30.3 Å². The minimum atomic E-state index is -3.98. The summed E-state index contributed by atoms with van der Waals surface area (Å²) in [6.45, 7) is 1.73. The third kappa shape index (κ3) is 5.08. The first-order valence-corrected chi connectivity index (χ1v) is 9.51. The number of hydrogen-bond donors (Lipinski definition) is 2. The van der Waals surface area contributed by atoms with Gasteiger partial charge in [0.25, 0.3) is 0 Å². The lowest BCUT2D eigenvalue weighted by atomic mass is 10.1. The van der Waals surface area contributed by atoms with Gasteiger partial charge in [0, 0.05) is 12.1 Å². The molecule has 0 saturated carbocycles. The molecule has 27 heavy (non-hydrogen) atoms. The Balaban J connectivity index is 2.50. The molecule has 0 unspecified atom stereocenters. The Kier molecular flexibility index (Phi) is 6.59. The molecule has 2 aromatic rings. The van der Waals surface area contributed by atoms with E-state index in [4.69, 9.17) is 14.6 Å². The second kappa shape index (κ2) is 8.70. The number of rotatable bonds is 8. The predicted molar refractivity (Wildman–Crippen MR) is 101 cm³/mol. The molecule has 0 fully saturated rings. The van der Waals surface area contributed by atoms with Crippen molar-refractivity contribution in [1.82, 2.24) is 4.72 Å². The van der Waals surface area contributed by atoms with Gasteiger partial charge in [-0.15, -0.1) is 0 Å². The summed E-state index contributed by atoms with van der Waals surface area (Å²) in [5, 5.41) is 8.80. The summed E-state index contributed by atoms with van der Waals surface area (Å²) in [5.41, 5.74) is 1.15. The highest BCUT2D eigenvalue weighted by molar-refractivity contribution is 7.89. The van der Waals surface area contributed by atoms with Crippen LogP contribution in [0.4, 0.5) is 0 Å². The van der Waals surface area contributed by atoms with Crippen LogP contribution < -0.4 is 14.2 Å². The molecule has 0 aliphatic heterocycles. The van der Waals surface area contributed by atoms with Crippen LogP contribution in [0.3, 0.4) is 0 Å². The summed E-state index contributed by atoms with van der Waals surface area (Å²) < 4.78 is 39.0. The third-order valence-electron chi connectivity index (χ3n) is 3.81. The fourth-order valence-corrected chi connectivity index (χ4v) is 3.97. The van der Waals surface area contributed by atoms with Crippen molar-refractivity contribution in [2.75, 3.05) is 14.2 Å². The summed E-state index contributed by atoms with van der Waals surface area (Å²) in [6.07, 6.45) is 2.20. The van der Waals surface area contributed by atoms with E-state index in [1.54, 1.807) is 6.92 Å². The highest BCUT2D eigenvalue weighted by atomic mass is 32.2. The fraction of sp³-hybridized carbons (Fsp3) is 0.211. The number of nitrogens with one attached hydrogen (secondary N) is 1. The zero-order valence-electron chi connectivity index (χ0n) is 15.2. The van der Waals surface area contributed by atoms with E-state index >= 15 is 0 Å². The molecule has 0 heterocycles. The molecule has 0 bridgehead atoms. The van der Waals surface area contributed by atoms with Crippen molar-refractivity contribution < 1.29 is 27.8 Å². The van der Waals surface area contributed by atoms with E-state index < -0.39 is 22.0 Å². The first kappa shape index (κ1) is 20.5. The molecular formula is C19H21NO6S. The van der Waals surface area contributed by atoms with Gasteiger partial charge < -0.3 is 14.6 Å². The summed E-state index contributed by atoms with van der Waals surface area (Å²) in [7, 11) is -1.27. The Labute approximate surface area is 158 Å². The van der Waals surface area contributed by atoms with Crippen LogP contribution in [0.1, 0.15) is 24.1 Å². The molecule has 0 aliphatic rings. The molecular weight excluding hydrogens is 370 g/mol.